The van der Waals surface area contributed by atoms with Crippen LogP contribution in [0.3, 0.4) is 0 Å². The molecule has 1 unspecified atom stereocenters. The van der Waals surface area contributed by atoms with Crippen LogP contribution in [-0.2, 0) is 14.3 Å². The van der Waals surface area contributed by atoms with Crippen molar-refractivity contribution >= 4 is 17.6 Å². The van der Waals surface area contributed by atoms with Gasteiger partial charge in [-0.3, -0.25) is 4.79 Å². The summed E-state index contributed by atoms with van der Waals surface area (Å²) in [6, 6.07) is 9.40. The first kappa shape index (κ1) is 14.3. The summed E-state index contributed by atoms with van der Waals surface area (Å²) in [6.07, 6.45) is -0.771. The highest BCUT2D eigenvalue weighted by Gasteiger charge is 2.49. The van der Waals surface area contributed by atoms with Gasteiger partial charge >= 0.3 is 5.97 Å². The Hall–Kier alpha value is -2.10. The van der Waals surface area contributed by atoms with Gasteiger partial charge in [-0.2, -0.15) is 0 Å². The number of para-hydroxylation sites is 1. The number of ether oxygens (including phenoxy) is 1. The molecule has 1 aromatic carbocycles. The summed E-state index contributed by atoms with van der Waals surface area (Å²) in [6.45, 7) is 9.48. The van der Waals surface area contributed by atoms with Crippen LogP contribution in [0.15, 0.2) is 42.5 Å². The van der Waals surface area contributed by atoms with Crippen molar-refractivity contribution in [3.63, 3.8) is 0 Å². The summed E-state index contributed by atoms with van der Waals surface area (Å²) in [5.41, 5.74) is 0.684. The minimum absolute atomic E-state index is 0.184. The summed E-state index contributed by atoms with van der Waals surface area (Å²) < 4.78 is 5.32. The van der Waals surface area contributed by atoms with Gasteiger partial charge in [0.15, 0.2) is 6.10 Å². The van der Waals surface area contributed by atoms with Gasteiger partial charge in [-0.15, -0.1) is 0 Å². The second-order valence-corrected chi connectivity index (χ2v) is 5.81. The predicted molar refractivity (Wildman–Crippen MR) is 77.3 cm³/mol. The molecule has 4 nitrogen and oxygen atoms in total. The number of carbonyl (C=O) groups excluding carboxylic acids is 2. The van der Waals surface area contributed by atoms with E-state index in [2.05, 4.69) is 6.58 Å². The van der Waals surface area contributed by atoms with Crippen LogP contribution in [0, 0.1) is 5.41 Å². The summed E-state index contributed by atoms with van der Waals surface area (Å²) in [5, 5.41) is 0. The number of carbonyl (C=O) groups is 2. The Morgan fingerprint density at radius 3 is 2.50 bits per heavy atom. The molecule has 1 saturated heterocycles. The molecule has 1 aliphatic heterocycles. The molecule has 4 heteroatoms. The SMILES string of the molecule is C=C(C)C(=O)OC1C(=O)N(c2ccccc2)CC1(C)C. The molecule has 1 atom stereocenters. The maximum absolute atomic E-state index is 12.5. The van der Waals surface area contributed by atoms with E-state index in [1.807, 2.05) is 44.2 Å². The number of amides is 1. The third-order valence-corrected chi connectivity index (χ3v) is 3.41. The first-order chi connectivity index (χ1) is 9.33. The third kappa shape index (κ3) is 2.59. The highest BCUT2D eigenvalue weighted by atomic mass is 16.6. The van der Waals surface area contributed by atoms with Crippen molar-refractivity contribution in [2.24, 2.45) is 5.41 Å². The van der Waals surface area contributed by atoms with Gasteiger partial charge in [0.2, 0.25) is 0 Å². The summed E-state index contributed by atoms with van der Waals surface area (Å²) in [7, 11) is 0. The van der Waals surface area contributed by atoms with Crippen molar-refractivity contribution < 1.29 is 14.3 Å². The number of rotatable bonds is 3. The Balaban J connectivity index is 2.25. The van der Waals surface area contributed by atoms with Gasteiger partial charge in [0.25, 0.3) is 5.91 Å². The normalized spacial score (nSPS) is 20.9. The van der Waals surface area contributed by atoms with Crippen LogP contribution in [-0.4, -0.2) is 24.5 Å². The molecule has 0 aromatic heterocycles. The Bertz CT molecular complexity index is 548. The molecule has 0 saturated carbocycles. The van der Waals surface area contributed by atoms with Crippen LogP contribution in [0.4, 0.5) is 5.69 Å². The van der Waals surface area contributed by atoms with Crippen molar-refractivity contribution in [1.29, 1.82) is 0 Å². The molecule has 106 valence electrons. The van der Waals surface area contributed by atoms with Crippen LogP contribution in [0.2, 0.25) is 0 Å². The Morgan fingerprint density at radius 2 is 1.95 bits per heavy atom. The van der Waals surface area contributed by atoms with E-state index in [9.17, 15) is 9.59 Å². The fraction of sp³-hybridized carbons (Fsp3) is 0.375. The molecule has 0 bridgehead atoms. The van der Waals surface area contributed by atoms with Gasteiger partial charge in [-0.05, 0) is 19.1 Å². The van der Waals surface area contributed by atoms with E-state index < -0.39 is 17.5 Å². The molecule has 1 aliphatic rings. The fourth-order valence-electron chi connectivity index (χ4n) is 2.29. The molecule has 1 aromatic rings. The zero-order valence-electron chi connectivity index (χ0n) is 12.1. The highest BCUT2D eigenvalue weighted by Crippen LogP contribution is 2.36. The molecule has 0 spiro atoms. The molecule has 20 heavy (non-hydrogen) atoms. The summed E-state index contributed by atoms with van der Waals surface area (Å²) >= 11 is 0. The van der Waals surface area contributed by atoms with E-state index in [4.69, 9.17) is 4.74 Å². The van der Waals surface area contributed by atoms with Gasteiger partial charge in [0.05, 0.1) is 0 Å². The highest BCUT2D eigenvalue weighted by molar-refractivity contribution is 6.01. The van der Waals surface area contributed by atoms with E-state index in [1.165, 1.54) is 0 Å². The van der Waals surface area contributed by atoms with E-state index in [1.54, 1.807) is 11.8 Å². The number of benzene rings is 1. The van der Waals surface area contributed by atoms with Gasteiger partial charge in [-0.25, -0.2) is 4.79 Å². The number of hydrogen-bond acceptors (Lipinski definition) is 3. The van der Waals surface area contributed by atoms with Gasteiger partial charge in [0.1, 0.15) is 0 Å². The molecule has 1 fully saturated rings. The second-order valence-electron chi connectivity index (χ2n) is 5.81. The van der Waals surface area contributed by atoms with E-state index in [0.717, 1.165) is 5.69 Å². The number of nitrogens with zero attached hydrogens (tertiary/aromatic N) is 1. The minimum atomic E-state index is -0.771. The Morgan fingerprint density at radius 1 is 1.35 bits per heavy atom. The zero-order chi connectivity index (χ0) is 14.9. The smallest absolute Gasteiger partial charge is 0.333 e. The maximum Gasteiger partial charge on any atom is 0.333 e. The van der Waals surface area contributed by atoms with Crippen molar-refractivity contribution in [3.05, 3.63) is 42.5 Å². The van der Waals surface area contributed by atoms with Crippen LogP contribution >= 0.6 is 0 Å². The second kappa shape index (κ2) is 5.12. The van der Waals surface area contributed by atoms with Crippen LogP contribution in [0.5, 0.6) is 0 Å². The molecule has 0 aliphatic carbocycles. The largest absolute Gasteiger partial charge is 0.448 e. The molecular weight excluding hydrogens is 254 g/mol. The van der Waals surface area contributed by atoms with Crippen molar-refractivity contribution in [2.45, 2.75) is 26.9 Å². The Kier molecular flexibility index (Phi) is 3.66. The fourth-order valence-corrected chi connectivity index (χ4v) is 2.29. The zero-order valence-corrected chi connectivity index (χ0v) is 12.1. The molecular formula is C16H19NO3. The average Bonchev–Trinajstić information content (AvgIpc) is 2.63. The van der Waals surface area contributed by atoms with Crippen molar-refractivity contribution in [2.75, 3.05) is 11.4 Å². The average molecular weight is 273 g/mol. The van der Waals surface area contributed by atoms with Gasteiger partial charge in [0, 0.05) is 23.2 Å². The first-order valence-corrected chi connectivity index (χ1v) is 6.56. The van der Waals surface area contributed by atoms with E-state index in [-0.39, 0.29) is 5.91 Å². The maximum atomic E-state index is 12.5. The minimum Gasteiger partial charge on any atom is -0.448 e. The molecule has 1 amide bonds. The third-order valence-electron chi connectivity index (χ3n) is 3.41. The van der Waals surface area contributed by atoms with E-state index >= 15 is 0 Å². The topological polar surface area (TPSA) is 46.6 Å². The van der Waals surface area contributed by atoms with Crippen molar-refractivity contribution in [1.82, 2.24) is 0 Å². The lowest BCUT2D eigenvalue weighted by Crippen LogP contribution is -2.36. The van der Waals surface area contributed by atoms with Crippen molar-refractivity contribution in [3.8, 4) is 0 Å². The Labute approximate surface area is 119 Å². The molecule has 2 rings (SSSR count). The van der Waals surface area contributed by atoms with Crippen LogP contribution in [0.1, 0.15) is 20.8 Å². The number of esters is 1. The summed E-state index contributed by atoms with van der Waals surface area (Å²) in [4.78, 5) is 25.8. The summed E-state index contributed by atoms with van der Waals surface area (Å²) in [5.74, 6) is -0.706. The van der Waals surface area contributed by atoms with E-state index in [0.29, 0.717) is 12.1 Å². The first-order valence-electron chi connectivity index (χ1n) is 6.56. The quantitative estimate of drug-likeness (QED) is 0.628. The van der Waals surface area contributed by atoms with Gasteiger partial charge < -0.3 is 9.64 Å². The van der Waals surface area contributed by atoms with Gasteiger partial charge in [-0.1, -0.05) is 38.6 Å². The molecule has 1 heterocycles. The molecule has 0 N–H and O–H groups in total. The molecule has 0 radical (unpaired) electrons. The van der Waals surface area contributed by atoms with Crippen LogP contribution in [0.25, 0.3) is 0 Å². The lowest BCUT2D eigenvalue weighted by atomic mass is 9.89. The number of anilines is 1. The lowest BCUT2D eigenvalue weighted by Gasteiger charge is -2.23. The lowest BCUT2D eigenvalue weighted by molar-refractivity contribution is -0.154. The monoisotopic (exact) mass is 273 g/mol. The number of hydrogen-bond donors (Lipinski definition) is 0. The van der Waals surface area contributed by atoms with Crippen LogP contribution < -0.4 is 4.90 Å². The standard InChI is InChI=1S/C16H19NO3/c1-11(2)15(19)20-13-14(18)17(10-16(13,3)4)12-8-6-5-7-9-12/h5-9,13H,1,10H2,2-4H3. The predicted octanol–water partition coefficient (Wildman–Crippen LogP) is 2.55.